The topological polar surface area (TPSA) is 138 Å². The lowest BCUT2D eigenvalue weighted by Gasteiger charge is -2.04. The van der Waals surface area contributed by atoms with E-state index in [0.29, 0.717) is 10.2 Å². The molecule has 28 heavy (non-hydrogen) atoms. The lowest BCUT2D eigenvalue weighted by Crippen LogP contribution is -2.22. The van der Waals surface area contributed by atoms with Crippen LogP contribution in [-0.2, 0) is 36.1 Å². The number of ether oxygens (including phenoxy) is 1. The van der Waals surface area contributed by atoms with Gasteiger partial charge in [0.05, 0.1) is 26.6 Å². The average molecular weight is 482 g/mol. The second kappa shape index (κ2) is 7.57. The summed E-state index contributed by atoms with van der Waals surface area (Å²) in [6, 6.07) is 6.72. The van der Waals surface area contributed by atoms with Crippen molar-refractivity contribution in [3.05, 3.63) is 39.5 Å². The first-order valence-corrected chi connectivity index (χ1v) is 12.3. The number of methoxy groups -OCH3 is 1. The number of carbonyl (C=O) groups excluding carboxylic acids is 1. The number of nitrogens with zero attached hydrogens (tertiary/aromatic N) is 2. The number of thiophene rings is 1. The quantitative estimate of drug-likeness (QED) is 0.548. The third-order valence-electron chi connectivity index (χ3n) is 3.50. The van der Waals surface area contributed by atoms with Crippen LogP contribution >= 0.6 is 34.3 Å². The van der Waals surface area contributed by atoms with Gasteiger partial charge in [-0.3, -0.25) is 4.79 Å². The molecule has 0 aliphatic rings. The molecule has 3 rings (SSSR count). The number of esters is 1. The van der Waals surface area contributed by atoms with Crippen LogP contribution in [0, 0.1) is 0 Å². The number of halogens is 1. The van der Waals surface area contributed by atoms with Crippen LogP contribution < -0.4 is 9.94 Å². The zero-order valence-electron chi connectivity index (χ0n) is 14.0. The van der Waals surface area contributed by atoms with Crippen LogP contribution in [0.2, 0.25) is 4.34 Å². The fourth-order valence-corrected chi connectivity index (χ4v) is 6.58. The number of hydrogen-bond donors (Lipinski definition) is 1. The average Bonchev–Trinajstić information content (AvgIpc) is 3.18. The molecule has 0 radical (unpaired) electrons. The summed E-state index contributed by atoms with van der Waals surface area (Å²) < 4.78 is 58.7. The second-order valence-electron chi connectivity index (χ2n) is 5.35. The first-order chi connectivity index (χ1) is 13.0. The predicted molar refractivity (Wildman–Crippen MR) is 105 cm³/mol. The Morgan fingerprint density at radius 3 is 2.50 bits per heavy atom. The predicted octanol–water partition coefficient (Wildman–Crippen LogP) is 1.53. The number of rotatable bonds is 5. The molecule has 1 aromatic carbocycles. The lowest BCUT2D eigenvalue weighted by molar-refractivity contribution is -0.141. The summed E-state index contributed by atoms with van der Waals surface area (Å²) in [6.07, 6.45) is 0. The molecule has 0 fully saturated rings. The maximum Gasteiger partial charge on any atom is 0.325 e. The number of fused-ring (bicyclic) bond motifs is 1. The number of benzene rings is 1. The Kier molecular flexibility index (Phi) is 5.67. The SMILES string of the molecule is COC(=O)Cn1c(=NS(=O)(=O)c2ccc(Cl)s2)sc2cc(S(N)(=O)=O)ccc21. The number of hydrogen-bond acceptors (Lipinski definition) is 8. The summed E-state index contributed by atoms with van der Waals surface area (Å²) in [6.45, 7) is -0.315. The van der Waals surface area contributed by atoms with Gasteiger partial charge in [-0.05, 0) is 30.3 Å². The molecule has 0 saturated carbocycles. The van der Waals surface area contributed by atoms with Crippen molar-refractivity contribution in [2.45, 2.75) is 15.6 Å². The number of primary sulfonamides is 1. The van der Waals surface area contributed by atoms with Gasteiger partial charge < -0.3 is 9.30 Å². The Bertz CT molecular complexity index is 1350. The molecule has 0 spiro atoms. The molecule has 0 aliphatic carbocycles. The van der Waals surface area contributed by atoms with Gasteiger partial charge in [-0.1, -0.05) is 22.9 Å². The largest absolute Gasteiger partial charge is 0.468 e. The highest BCUT2D eigenvalue weighted by Crippen LogP contribution is 2.27. The van der Waals surface area contributed by atoms with Crippen LogP contribution in [0.25, 0.3) is 10.2 Å². The molecule has 3 aromatic rings. The summed E-state index contributed by atoms with van der Waals surface area (Å²) in [7, 11) is -6.85. The molecule has 2 heterocycles. The number of aromatic nitrogens is 1. The van der Waals surface area contributed by atoms with Crippen molar-refractivity contribution in [1.29, 1.82) is 0 Å². The Hall–Kier alpha value is -1.77. The van der Waals surface area contributed by atoms with Gasteiger partial charge in [0.1, 0.15) is 10.8 Å². The van der Waals surface area contributed by atoms with Crippen molar-refractivity contribution in [2.75, 3.05) is 7.11 Å². The van der Waals surface area contributed by atoms with Crippen molar-refractivity contribution in [3.63, 3.8) is 0 Å². The van der Waals surface area contributed by atoms with Gasteiger partial charge in [-0.25, -0.2) is 13.6 Å². The smallest absolute Gasteiger partial charge is 0.325 e. The van der Waals surface area contributed by atoms with Crippen molar-refractivity contribution in [2.24, 2.45) is 9.54 Å². The van der Waals surface area contributed by atoms with Gasteiger partial charge in [-0.15, -0.1) is 15.7 Å². The summed E-state index contributed by atoms with van der Waals surface area (Å²) in [4.78, 5) is 11.6. The van der Waals surface area contributed by atoms with E-state index in [1.807, 2.05) is 0 Å². The van der Waals surface area contributed by atoms with E-state index in [4.69, 9.17) is 16.7 Å². The third kappa shape index (κ3) is 4.29. The molecule has 0 bridgehead atoms. The molecule has 14 heteroatoms. The first-order valence-electron chi connectivity index (χ1n) is 7.30. The van der Waals surface area contributed by atoms with E-state index in [-0.39, 0.29) is 24.8 Å². The van der Waals surface area contributed by atoms with Crippen LogP contribution in [0.1, 0.15) is 0 Å². The van der Waals surface area contributed by atoms with Crippen molar-refractivity contribution >= 4 is 70.5 Å². The molecule has 0 unspecified atom stereocenters. The first kappa shape index (κ1) is 21.0. The van der Waals surface area contributed by atoms with Gasteiger partial charge in [0.25, 0.3) is 10.0 Å². The van der Waals surface area contributed by atoms with Gasteiger partial charge in [0.2, 0.25) is 14.8 Å². The van der Waals surface area contributed by atoms with E-state index in [1.165, 1.54) is 42.0 Å². The van der Waals surface area contributed by atoms with Gasteiger partial charge >= 0.3 is 5.97 Å². The number of thiazole rings is 1. The van der Waals surface area contributed by atoms with Crippen molar-refractivity contribution in [1.82, 2.24) is 4.57 Å². The summed E-state index contributed by atoms with van der Waals surface area (Å²) in [5.74, 6) is -0.631. The molecule has 2 aromatic heterocycles. The molecular formula is C14H12ClN3O6S4. The number of sulfonamides is 2. The molecule has 0 atom stereocenters. The van der Waals surface area contributed by atoms with E-state index >= 15 is 0 Å². The Balaban J connectivity index is 2.27. The van der Waals surface area contributed by atoms with Crippen molar-refractivity contribution < 1.29 is 26.4 Å². The van der Waals surface area contributed by atoms with Crippen molar-refractivity contribution in [3.8, 4) is 0 Å². The minimum Gasteiger partial charge on any atom is -0.468 e. The monoisotopic (exact) mass is 481 g/mol. The van der Waals surface area contributed by atoms with Crippen LogP contribution in [0.4, 0.5) is 0 Å². The van der Waals surface area contributed by atoms with Gasteiger partial charge in [0.15, 0.2) is 0 Å². The normalized spacial score (nSPS) is 13.2. The Morgan fingerprint density at radius 1 is 1.21 bits per heavy atom. The highest BCUT2D eigenvalue weighted by molar-refractivity contribution is 7.92. The zero-order valence-corrected chi connectivity index (χ0v) is 18.0. The third-order valence-corrected chi connectivity index (χ3v) is 8.53. The summed E-state index contributed by atoms with van der Waals surface area (Å²) >= 11 is 7.53. The number of nitrogens with two attached hydrogens (primary N) is 1. The second-order valence-corrected chi connectivity index (χ2v) is 11.5. The Labute approximate surface area is 172 Å². The van der Waals surface area contributed by atoms with Gasteiger partial charge in [0, 0.05) is 0 Å². The zero-order chi connectivity index (χ0) is 20.7. The molecule has 0 aliphatic heterocycles. The minimum atomic E-state index is -4.09. The van der Waals surface area contributed by atoms with Crippen LogP contribution in [0.5, 0.6) is 0 Å². The van der Waals surface area contributed by atoms with Crippen LogP contribution in [-0.4, -0.2) is 34.5 Å². The van der Waals surface area contributed by atoms with Crippen LogP contribution in [0.3, 0.4) is 0 Å². The molecule has 9 nitrogen and oxygen atoms in total. The van der Waals surface area contributed by atoms with E-state index < -0.39 is 26.0 Å². The van der Waals surface area contributed by atoms with Crippen LogP contribution in [0.15, 0.2) is 43.8 Å². The van der Waals surface area contributed by atoms with E-state index in [9.17, 15) is 21.6 Å². The fraction of sp³-hybridized carbons (Fsp3) is 0.143. The van der Waals surface area contributed by atoms with E-state index in [0.717, 1.165) is 22.7 Å². The standard InChI is InChI=1S/C14H12ClN3O6S4/c1-24-12(19)7-18-9-3-2-8(27(16,20)21)6-10(9)25-14(18)17-28(22,23)13-5-4-11(15)26-13/h2-6H,7H2,1H3,(H2,16,20,21). The van der Waals surface area contributed by atoms with E-state index in [2.05, 4.69) is 9.13 Å². The molecule has 0 saturated heterocycles. The molecule has 2 N–H and O–H groups in total. The highest BCUT2D eigenvalue weighted by atomic mass is 35.5. The minimum absolute atomic E-state index is 0.0310. The molecular weight excluding hydrogens is 470 g/mol. The summed E-state index contributed by atoms with van der Waals surface area (Å²) in [5.41, 5.74) is 0.404. The lowest BCUT2D eigenvalue weighted by atomic mass is 10.3. The highest BCUT2D eigenvalue weighted by Gasteiger charge is 2.19. The maximum absolute atomic E-state index is 12.6. The Morgan fingerprint density at radius 2 is 1.93 bits per heavy atom. The summed E-state index contributed by atoms with van der Waals surface area (Å²) in [5, 5.41) is 5.14. The fourth-order valence-electron chi connectivity index (χ4n) is 2.23. The number of carbonyl (C=O) groups is 1. The molecule has 150 valence electrons. The molecule has 0 amide bonds. The van der Waals surface area contributed by atoms with E-state index in [1.54, 1.807) is 0 Å². The van der Waals surface area contributed by atoms with Gasteiger partial charge in [-0.2, -0.15) is 8.42 Å². The maximum atomic E-state index is 12.6.